The van der Waals surface area contributed by atoms with Crippen molar-refractivity contribution in [3.05, 3.63) is 5.32 Å². The molecule has 1 N–H and O–H groups in total. The van der Waals surface area contributed by atoms with E-state index >= 15 is 0 Å². The van der Waals surface area contributed by atoms with Crippen molar-refractivity contribution in [2.75, 3.05) is 19.6 Å². The van der Waals surface area contributed by atoms with Crippen LogP contribution in [-0.4, -0.2) is 31.9 Å². The second kappa shape index (κ2) is 2.75. The molecule has 1 fully saturated rings. The van der Waals surface area contributed by atoms with Gasteiger partial charge in [-0.25, -0.2) is 0 Å². The Labute approximate surface area is 56.8 Å². The molecule has 0 aliphatic carbocycles. The molecule has 0 aromatic carbocycles. The molecule has 0 amide bonds. The van der Waals surface area contributed by atoms with E-state index in [0.717, 1.165) is 0 Å². The number of nitrogens with one attached hydrogen (secondary N) is 1. The predicted octanol–water partition coefficient (Wildman–Crippen LogP) is 0.894. The molecule has 60 valence electrons. The Morgan fingerprint density at radius 1 is 1.40 bits per heavy atom. The maximum absolute atomic E-state index is 11.8. The zero-order valence-electron chi connectivity index (χ0n) is 5.28. The Morgan fingerprint density at radius 3 is 2.40 bits per heavy atom. The van der Waals surface area contributed by atoms with E-state index in [4.69, 9.17) is 0 Å². The molecule has 0 aromatic rings. The average molecular weight is 153 g/mol. The summed E-state index contributed by atoms with van der Waals surface area (Å²) in [6.07, 6.45) is -4.14. The Bertz CT molecular complexity index is 106. The highest BCUT2D eigenvalue weighted by atomic mass is 19.4. The van der Waals surface area contributed by atoms with Crippen LogP contribution in [0.2, 0.25) is 0 Å². The standard InChI is InChI=1S/C5H8F3N2/c6-5(7,8)4-3-9-1-2-10-4/h4,10H,1-3H2/q-1/t4-/m1/s1. The number of nitrogens with zero attached hydrogens (tertiary/aromatic N) is 1. The fraction of sp³-hybridized carbons (Fsp3) is 1.00. The van der Waals surface area contributed by atoms with Crippen LogP contribution >= 0.6 is 0 Å². The number of alkyl halides is 3. The summed E-state index contributed by atoms with van der Waals surface area (Å²) in [5.74, 6) is 0. The monoisotopic (exact) mass is 153 g/mol. The van der Waals surface area contributed by atoms with E-state index in [1.807, 2.05) is 0 Å². The molecule has 0 aromatic heterocycles. The molecule has 0 radical (unpaired) electrons. The molecule has 1 aliphatic heterocycles. The maximum Gasteiger partial charge on any atom is 0.402 e. The first-order valence-corrected chi connectivity index (χ1v) is 3.04. The van der Waals surface area contributed by atoms with Gasteiger partial charge in [0.05, 0.1) is 6.04 Å². The van der Waals surface area contributed by atoms with Crippen molar-refractivity contribution in [3.8, 4) is 0 Å². The van der Waals surface area contributed by atoms with Gasteiger partial charge in [-0.3, -0.25) is 0 Å². The molecule has 5 heteroatoms. The van der Waals surface area contributed by atoms with Crippen molar-refractivity contribution in [1.29, 1.82) is 0 Å². The summed E-state index contributed by atoms with van der Waals surface area (Å²) in [5, 5.41) is 5.98. The number of piperazine rings is 1. The molecule has 1 rings (SSSR count). The molecule has 1 heterocycles. The summed E-state index contributed by atoms with van der Waals surface area (Å²) >= 11 is 0. The van der Waals surface area contributed by atoms with Crippen molar-refractivity contribution in [1.82, 2.24) is 5.32 Å². The molecule has 2 nitrogen and oxygen atoms in total. The molecule has 1 atom stereocenters. The first-order valence-electron chi connectivity index (χ1n) is 3.04. The predicted molar refractivity (Wildman–Crippen MR) is 30.9 cm³/mol. The molecule has 10 heavy (non-hydrogen) atoms. The van der Waals surface area contributed by atoms with Gasteiger partial charge in [-0.2, -0.15) is 13.2 Å². The highest BCUT2D eigenvalue weighted by Gasteiger charge is 2.36. The van der Waals surface area contributed by atoms with E-state index in [0.29, 0.717) is 13.1 Å². The van der Waals surface area contributed by atoms with Crippen LogP contribution < -0.4 is 5.32 Å². The van der Waals surface area contributed by atoms with Gasteiger partial charge in [-0.05, 0) is 6.54 Å². The molecule has 1 aliphatic rings. The van der Waals surface area contributed by atoms with E-state index in [1.54, 1.807) is 0 Å². The normalized spacial score (nSPS) is 28.5. The summed E-state index contributed by atoms with van der Waals surface area (Å²) in [6, 6.07) is -1.42. The quantitative estimate of drug-likeness (QED) is 0.549. The maximum atomic E-state index is 11.8. The molecule has 0 spiro atoms. The summed E-state index contributed by atoms with van der Waals surface area (Å²) in [6.45, 7) is 0.695. The van der Waals surface area contributed by atoms with Crippen LogP contribution in [0.5, 0.6) is 0 Å². The summed E-state index contributed by atoms with van der Waals surface area (Å²) in [5.41, 5.74) is 0. The van der Waals surface area contributed by atoms with Crippen LogP contribution in [0.15, 0.2) is 0 Å². The lowest BCUT2D eigenvalue weighted by molar-refractivity contribution is -0.153. The van der Waals surface area contributed by atoms with Gasteiger partial charge in [0.2, 0.25) is 0 Å². The third kappa shape index (κ3) is 1.85. The minimum absolute atomic E-state index is 0.135. The van der Waals surface area contributed by atoms with Crippen molar-refractivity contribution in [2.24, 2.45) is 0 Å². The third-order valence-electron chi connectivity index (χ3n) is 1.37. The zero-order valence-corrected chi connectivity index (χ0v) is 5.28. The lowest BCUT2D eigenvalue weighted by Crippen LogP contribution is -2.48. The van der Waals surface area contributed by atoms with Crippen LogP contribution in [0.25, 0.3) is 5.32 Å². The second-order valence-corrected chi connectivity index (χ2v) is 2.18. The van der Waals surface area contributed by atoms with Crippen molar-refractivity contribution >= 4 is 0 Å². The topological polar surface area (TPSA) is 26.1 Å². The van der Waals surface area contributed by atoms with Gasteiger partial charge < -0.3 is 10.6 Å². The van der Waals surface area contributed by atoms with Crippen molar-refractivity contribution < 1.29 is 13.2 Å². The Kier molecular flexibility index (Phi) is 2.15. The van der Waals surface area contributed by atoms with Gasteiger partial charge in [-0.1, -0.05) is 0 Å². The Balaban J connectivity index is 2.39. The third-order valence-corrected chi connectivity index (χ3v) is 1.37. The lowest BCUT2D eigenvalue weighted by Gasteiger charge is -2.35. The van der Waals surface area contributed by atoms with Crippen LogP contribution in [0.4, 0.5) is 13.2 Å². The fourth-order valence-corrected chi connectivity index (χ4v) is 0.822. The average Bonchev–Trinajstić information content (AvgIpc) is 1.88. The smallest absolute Gasteiger partial charge is 0.402 e. The van der Waals surface area contributed by atoms with Crippen molar-refractivity contribution in [3.63, 3.8) is 0 Å². The highest BCUT2D eigenvalue weighted by Crippen LogP contribution is 2.22. The van der Waals surface area contributed by atoms with Gasteiger partial charge in [0.1, 0.15) is 0 Å². The van der Waals surface area contributed by atoms with Crippen molar-refractivity contribution in [2.45, 2.75) is 12.2 Å². The highest BCUT2D eigenvalue weighted by molar-refractivity contribution is 4.96. The number of rotatable bonds is 0. The fourth-order valence-electron chi connectivity index (χ4n) is 0.822. The molecular weight excluding hydrogens is 145 g/mol. The van der Waals surface area contributed by atoms with Crippen LogP contribution in [0.3, 0.4) is 0 Å². The van der Waals surface area contributed by atoms with Crippen LogP contribution in [0, 0.1) is 0 Å². The Hall–Kier alpha value is -0.290. The summed E-state index contributed by atoms with van der Waals surface area (Å²) in [4.78, 5) is 0. The van der Waals surface area contributed by atoms with E-state index < -0.39 is 12.2 Å². The molecule has 0 saturated carbocycles. The second-order valence-electron chi connectivity index (χ2n) is 2.18. The molecule has 0 bridgehead atoms. The van der Waals surface area contributed by atoms with E-state index in [9.17, 15) is 13.2 Å². The molecule has 0 unspecified atom stereocenters. The van der Waals surface area contributed by atoms with Crippen LogP contribution in [-0.2, 0) is 0 Å². The number of hydrogen-bond donors (Lipinski definition) is 1. The lowest BCUT2D eigenvalue weighted by atomic mass is 10.2. The minimum Gasteiger partial charge on any atom is -0.660 e. The van der Waals surface area contributed by atoms with Gasteiger partial charge in [0, 0.05) is 0 Å². The van der Waals surface area contributed by atoms with Gasteiger partial charge in [0.25, 0.3) is 0 Å². The summed E-state index contributed by atoms with van der Waals surface area (Å²) in [7, 11) is 0. The number of hydrogen-bond acceptors (Lipinski definition) is 1. The Morgan fingerprint density at radius 2 is 2.10 bits per heavy atom. The summed E-state index contributed by atoms with van der Waals surface area (Å²) < 4.78 is 35.5. The first kappa shape index (κ1) is 7.81. The van der Waals surface area contributed by atoms with Gasteiger partial charge in [-0.15, -0.1) is 13.1 Å². The van der Waals surface area contributed by atoms with Gasteiger partial charge in [0.15, 0.2) is 0 Å². The minimum atomic E-state index is -4.14. The van der Waals surface area contributed by atoms with E-state index in [2.05, 4.69) is 10.6 Å². The molecular formula is C5H8F3N2-. The zero-order chi connectivity index (χ0) is 7.61. The largest absolute Gasteiger partial charge is 0.660 e. The van der Waals surface area contributed by atoms with E-state index in [-0.39, 0.29) is 6.54 Å². The first-order chi connectivity index (χ1) is 4.61. The van der Waals surface area contributed by atoms with Gasteiger partial charge >= 0.3 is 6.18 Å². The SMILES string of the molecule is FC(F)(F)[C@H]1C[N-]CCN1. The number of halogens is 3. The van der Waals surface area contributed by atoms with E-state index in [1.165, 1.54) is 0 Å². The molecule has 1 saturated heterocycles. The van der Waals surface area contributed by atoms with Crippen LogP contribution in [0.1, 0.15) is 0 Å².